The summed E-state index contributed by atoms with van der Waals surface area (Å²) >= 11 is 6.20. The molecule has 1 amide bonds. The monoisotopic (exact) mass is 545 g/mol. The van der Waals surface area contributed by atoms with Gasteiger partial charge in [0.2, 0.25) is 15.9 Å². The van der Waals surface area contributed by atoms with Crippen LogP contribution in [-0.4, -0.2) is 63.4 Å². The molecule has 37 heavy (non-hydrogen) atoms. The minimum atomic E-state index is -4.11. The third-order valence-corrected chi connectivity index (χ3v) is 8.60. The molecular weight excluding hydrogens is 517 g/mol. The predicted molar refractivity (Wildman–Crippen MR) is 142 cm³/mol. The highest BCUT2D eigenvalue weighted by Crippen LogP contribution is 2.26. The van der Waals surface area contributed by atoms with Gasteiger partial charge in [-0.05, 0) is 55.5 Å². The Kier molecular flexibility index (Phi) is 8.36. The summed E-state index contributed by atoms with van der Waals surface area (Å²) in [4.78, 5) is 17.1. The van der Waals surface area contributed by atoms with Crippen molar-refractivity contribution in [3.63, 3.8) is 0 Å². The van der Waals surface area contributed by atoms with Gasteiger partial charge in [0.1, 0.15) is 11.6 Å². The molecule has 0 aromatic heterocycles. The number of ether oxygens (including phenoxy) is 1. The van der Waals surface area contributed by atoms with Crippen molar-refractivity contribution in [3.8, 4) is 5.75 Å². The molecule has 3 aromatic carbocycles. The Morgan fingerprint density at radius 2 is 1.65 bits per heavy atom. The van der Waals surface area contributed by atoms with Crippen LogP contribution in [0.4, 0.5) is 10.1 Å². The number of benzene rings is 3. The molecular formula is C27H29ClFN3O4S. The zero-order valence-electron chi connectivity index (χ0n) is 20.7. The third kappa shape index (κ3) is 6.23. The highest BCUT2D eigenvalue weighted by molar-refractivity contribution is 7.89. The SMILES string of the molecule is COc1ccc(N2CCN(C(=O)CN(Cc3c(F)cccc3Cl)S(=O)(=O)c3ccc(C)cc3)CC2)cc1. The lowest BCUT2D eigenvalue weighted by atomic mass is 10.2. The summed E-state index contributed by atoms with van der Waals surface area (Å²) in [6, 6.07) is 18.2. The van der Waals surface area contributed by atoms with Crippen molar-refractivity contribution in [2.24, 2.45) is 0 Å². The van der Waals surface area contributed by atoms with Gasteiger partial charge >= 0.3 is 0 Å². The smallest absolute Gasteiger partial charge is 0.243 e. The van der Waals surface area contributed by atoms with Crippen molar-refractivity contribution in [1.29, 1.82) is 0 Å². The van der Waals surface area contributed by atoms with Crippen LogP contribution in [0.1, 0.15) is 11.1 Å². The molecule has 1 saturated heterocycles. The highest BCUT2D eigenvalue weighted by Gasteiger charge is 2.31. The van der Waals surface area contributed by atoms with E-state index in [0.29, 0.717) is 26.2 Å². The Morgan fingerprint density at radius 3 is 2.24 bits per heavy atom. The quantitative estimate of drug-likeness (QED) is 0.421. The van der Waals surface area contributed by atoms with Gasteiger partial charge < -0.3 is 14.5 Å². The lowest BCUT2D eigenvalue weighted by Crippen LogP contribution is -2.51. The molecule has 0 N–H and O–H groups in total. The second-order valence-electron chi connectivity index (χ2n) is 8.85. The standard InChI is InChI=1S/C27H29ClFN3O4S/c1-20-6-12-23(13-7-20)37(34,35)32(18-24-25(28)4-3-5-26(24)29)19-27(33)31-16-14-30(15-17-31)21-8-10-22(36-2)11-9-21/h3-13H,14-19H2,1-2H3. The fraction of sp³-hybridized carbons (Fsp3) is 0.296. The Labute approximate surface area is 222 Å². The molecule has 0 saturated carbocycles. The summed E-state index contributed by atoms with van der Waals surface area (Å²) in [6.45, 7) is 3.13. The number of carbonyl (C=O) groups is 1. The molecule has 3 aromatic rings. The number of hydrogen-bond donors (Lipinski definition) is 0. The van der Waals surface area contributed by atoms with Crippen LogP contribution in [0.3, 0.4) is 0 Å². The van der Waals surface area contributed by atoms with E-state index in [1.165, 1.54) is 30.3 Å². The summed E-state index contributed by atoms with van der Waals surface area (Å²) in [5, 5.41) is 0.102. The molecule has 1 aliphatic rings. The van der Waals surface area contributed by atoms with Crippen molar-refractivity contribution in [3.05, 3.63) is 88.7 Å². The molecule has 1 heterocycles. The minimum absolute atomic E-state index is 0.0250. The lowest BCUT2D eigenvalue weighted by molar-refractivity contribution is -0.131. The van der Waals surface area contributed by atoms with E-state index in [0.717, 1.165) is 21.3 Å². The van der Waals surface area contributed by atoms with E-state index in [-0.39, 0.29) is 27.9 Å². The average Bonchev–Trinajstić information content (AvgIpc) is 2.90. The Hall–Kier alpha value is -3.14. The number of carbonyl (C=O) groups excluding carboxylic acids is 1. The molecule has 0 unspecified atom stereocenters. The van der Waals surface area contributed by atoms with Crippen molar-refractivity contribution in [2.45, 2.75) is 18.4 Å². The third-order valence-electron chi connectivity index (χ3n) is 6.44. The van der Waals surface area contributed by atoms with Gasteiger partial charge in [0.05, 0.1) is 18.6 Å². The topological polar surface area (TPSA) is 70.2 Å². The van der Waals surface area contributed by atoms with E-state index in [9.17, 15) is 17.6 Å². The molecule has 196 valence electrons. The first-order valence-electron chi connectivity index (χ1n) is 11.9. The van der Waals surface area contributed by atoms with Crippen LogP contribution in [0.5, 0.6) is 5.75 Å². The van der Waals surface area contributed by atoms with Gasteiger partial charge in [-0.1, -0.05) is 35.4 Å². The fourth-order valence-corrected chi connectivity index (χ4v) is 5.78. The molecule has 0 atom stereocenters. The zero-order chi connectivity index (χ0) is 26.6. The molecule has 0 bridgehead atoms. The van der Waals surface area contributed by atoms with Gasteiger partial charge in [-0.25, -0.2) is 12.8 Å². The highest BCUT2D eigenvalue weighted by atomic mass is 35.5. The first-order valence-corrected chi connectivity index (χ1v) is 13.7. The number of anilines is 1. The maximum atomic E-state index is 14.6. The summed E-state index contributed by atoms with van der Waals surface area (Å²) < 4.78 is 47.9. The van der Waals surface area contributed by atoms with Crippen molar-refractivity contribution >= 4 is 33.2 Å². The van der Waals surface area contributed by atoms with Crippen LogP contribution < -0.4 is 9.64 Å². The number of halogens is 2. The number of nitrogens with zero attached hydrogens (tertiary/aromatic N) is 3. The molecule has 10 heteroatoms. The van der Waals surface area contributed by atoms with Crippen LogP contribution in [-0.2, 0) is 21.4 Å². The number of piperazine rings is 1. The van der Waals surface area contributed by atoms with E-state index in [1.807, 2.05) is 31.2 Å². The molecule has 0 spiro atoms. The molecule has 1 aliphatic heterocycles. The van der Waals surface area contributed by atoms with Gasteiger partial charge in [-0.2, -0.15) is 4.31 Å². The fourth-order valence-electron chi connectivity index (χ4n) is 4.20. The van der Waals surface area contributed by atoms with Gasteiger partial charge in [-0.3, -0.25) is 4.79 Å². The first kappa shape index (κ1) is 26.9. The van der Waals surface area contributed by atoms with Gasteiger partial charge in [-0.15, -0.1) is 0 Å². The Balaban J connectivity index is 1.51. The van der Waals surface area contributed by atoms with Gasteiger partial charge in [0.15, 0.2) is 0 Å². The number of hydrogen-bond acceptors (Lipinski definition) is 5. The number of sulfonamides is 1. The van der Waals surface area contributed by atoms with E-state index in [2.05, 4.69) is 4.90 Å². The second-order valence-corrected chi connectivity index (χ2v) is 11.2. The Morgan fingerprint density at radius 1 is 1.00 bits per heavy atom. The Bertz CT molecular complexity index is 1320. The minimum Gasteiger partial charge on any atom is -0.497 e. The maximum absolute atomic E-state index is 14.6. The predicted octanol–water partition coefficient (Wildman–Crippen LogP) is 4.34. The number of amides is 1. The van der Waals surface area contributed by atoms with Crippen LogP contribution in [0.2, 0.25) is 5.02 Å². The molecule has 0 aliphatic carbocycles. The van der Waals surface area contributed by atoms with Crippen LogP contribution in [0.25, 0.3) is 0 Å². The van der Waals surface area contributed by atoms with E-state index in [1.54, 1.807) is 24.1 Å². The average molecular weight is 546 g/mol. The van der Waals surface area contributed by atoms with Crippen LogP contribution in [0, 0.1) is 12.7 Å². The summed E-state index contributed by atoms with van der Waals surface area (Å²) in [7, 11) is -2.49. The largest absolute Gasteiger partial charge is 0.497 e. The second kappa shape index (κ2) is 11.5. The maximum Gasteiger partial charge on any atom is 0.243 e. The lowest BCUT2D eigenvalue weighted by Gasteiger charge is -2.37. The zero-order valence-corrected chi connectivity index (χ0v) is 22.3. The summed E-state index contributed by atoms with van der Waals surface area (Å²) in [5.41, 5.74) is 1.94. The van der Waals surface area contributed by atoms with Crippen molar-refractivity contribution in [2.75, 3.05) is 44.7 Å². The van der Waals surface area contributed by atoms with Gasteiger partial charge in [0, 0.05) is 49.0 Å². The summed E-state index contributed by atoms with van der Waals surface area (Å²) in [5.74, 6) is -0.211. The van der Waals surface area contributed by atoms with Crippen LogP contribution >= 0.6 is 11.6 Å². The van der Waals surface area contributed by atoms with E-state index < -0.39 is 22.4 Å². The molecule has 0 radical (unpaired) electrons. The normalized spacial score (nSPS) is 14.2. The molecule has 4 rings (SSSR count). The first-order chi connectivity index (χ1) is 17.7. The van der Waals surface area contributed by atoms with Crippen molar-refractivity contribution < 1.29 is 22.3 Å². The number of aryl methyl sites for hydroxylation is 1. The van der Waals surface area contributed by atoms with E-state index in [4.69, 9.17) is 16.3 Å². The number of rotatable bonds is 8. The molecule has 1 fully saturated rings. The molecule has 7 nitrogen and oxygen atoms in total. The van der Waals surface area contributed by atoms with Crippen LogP contribution in [0.15, 0.2) is 71.6 Å². The van der Waals surface area contributed by atoms with Gasteiger partial charge in [0.25, 0.3) is 0 Å². The number of methoxy groups -OCH3 is 1. The van der Waals surface area contributed by atoms with Crippen molar-refractivity contribution in [1.82, 2.24) is 9.21 Å². The summed E-state index contributed by atoms with van der Waals surface area (Å²) in [6.07, 6.45) is 0. The van der Waals surface area contributed by atoms with E-state index >= 15 is 0 Å².